The molecule has 162 valence electrons. The maximum Gasteiger partial charge on any atom is 0.333 e. The van der Waals surface area contributed by atoms with Crippen molar-refractivity contribution < 1.29 is 32.0 Å². The Kier molecular flexibility index (Phi) is 7.21. The molecule has 11 heteroatoms. The van der Waals surface area contributed by atoms with Gasteiger partial charge in [0.05, 0.1) is 12.4 Å². The van der Waals surface area contributed by atoms with Gasteiger partial charge in [-0.1, -0.05) is 36.0 Å². The van der Waals surface area contributed by atoms with Gasteiger partial charge in [0.2, 0.25) is 5.91 Å². The van der Waals surface area contributed by atoms with E-state index < -0.39 is 22.0 Å². The number of nitrogens with one attached hydrogen (secondary N) is 1. The minimum absolute atomic E-state index is 0.101. The SMILES string of the molecule is COc1cccc(C(COc2ccc(CC3SC(O)NC3=O)cc2)OS(N)(=O)=O)c1. The molecule has 30 heavy (non-hydrogen) atoms. The fourth-order valence-corrected chi connectivity index (χ4v) is 4.36. The van der Waals surface area contributed by atoms with Crippen LogP contribution in [0.2, 0.25) is 0 Å². The van der Waals surface area contributed by atoms with Crippen molar-refractivity contribution in [1.29, 1.82) is 0 Å². The van der Waals surface area contributed by atoms with E-state index in [2.05, 4.69) is 5.32 Å². The Balaban J connectivity index is 1.65. The Bertz CT molecular complexity index is 983. The first-order chi connectivity index (χ1) is 14.2. The van der Waals surface area contributed by atoms with Crippen molar-refractivity contribution in [2.75, 3.05) is 13.7 Å². The standard InChI is InChI=1S/C19H22N2O7S2/c1-26-15-4-2-3-13(10-15)16(28-30(20,24)25)11-27-14-7-5-12(6-8-14)9-17-18(22)21-19(23)29-17/h2-8,10,16-17,19,23H,9,11H2,1H3,(H,21,22)(H2,20,24,25). The molecule has 0 bridgehead atoms. The molecule has 1 amide bonds. The quantitative estimate of drug-likeness (QED) is 0.512. The van der Waals surface area contributed by atoms with Gasteiger partial charge in [-0.15, -0.1) is 0 Å². The maximum atomic E-state index is 11.7. The first kappa shape index (κ1) is 22.4. The number of hydrogen-bond acceptors (Lipinski definition) is 8. The molecule has 0 aliphatic carbocycles. The fourth-order valence-electron chi connectivity index (χ4n) is 2.90. The second kappa shape index (κ2) is 9.67. The minimum Gasteiger partial charge on any atom is -0.497 e. The number of aliphatic hydroxyl groups is 1. The number of thioether (sulfide) groups is 1. The van der Waals surface area contributed by atoms with Gasteiger partial charge >= 0.3 is 10.3 Å². The number of hydrogen-bond donors (Lipinski definition) is 3. The largest absolute Gasteiger partial charge is 0.497 e. The van der Waals surface area contributed by atoms with E-state index in [1.165, 1.54) is 7.11 Å². The van der Waals surface area contributed by atoms with E-state index in [-0.39, 0.29) is 17.8 Å². The van der Waals surface area contributed by atoms with Crippen LogP contribution in [0.25, 0.3) is 0 Å². The van der Waals surface area contributed by atoms with Gasteiger partial charge in [0.15, 0.2) is 5.56 Å². The van der Waals surface area contributed by atoms with Crippen molar-refractivity contribution in [1.82, 2.24) is 5.32 Å². The van der Waals surface area contributed by atoms with E-state index in [4.69, 9.17) is 18.8 Å². The second-order valence-electron chi connectivity index (χ2n) is 6.50. The smallest absolute Gasteiger partial charge is 0.333 e. The third-order valence-electron chi connectivity index (χ3n) is 4.31. The molecule has 3 atom stereocenters. The van der Waals surface area contributed by atoms with Crippen LogP contribution in [0.1, 0.15) is 17.2 Å². The van der Waals surface area contributed by atoms with Crippen LogP contribution < -0.4 is 19.9 Å². The minimum atomic E-state index is -4.21. The van der Waals surface area contributed by atoms with E-state index in [1.807, 2.05) is 0 Å². The zero-order valence-electron chi connectivity index (χ0n) is 16.1. The highest BCUT2D eigenvalue weighted by atomic mass is 32.2. The molecule has 3 rings (SSSR count). The summed E-state index contributed by atoms with van der Waals surface area (Å²) in [5.74, 6) is 0.834. The molecule has 2 aromatic carbocycles. The lowest BCUT2D eigenvalue weighted by atomic mass is 10.1. The highest BCUT2D eigenvalue weighted by Gasteiger charge is 2.31. The Morgan fingerprint density at radius 2 is 1.93 bits per heavy atom. The van der Waals surface area contributed by atoms with E-state index in [1.54, 1.807) is 48.5 Å². The normalized spacial score (nSPS) is 19.9. The van der Waals surface area contributed by atoms with Gasteiger partial charge in [-0.05, 0) is 41.8 Å². The zero-order valence-corrected chi connectivity index (χ0v) is 17.7. The van der Waals surface area contributed by atoms with Crippen LogP contribution in [0.15, 0.2) is 48.5 Å². The van der Waals surface area contributed by atoms with Gasteiger partial charge in [0, 0.05) is 0 Å². The summed E-state index contributed by atoms with van der Waals surface area (Å²) in [5.41, 5.74) is 0.550. The molecule has 1 saturated heterocycles. The van der Waals surface area contributed by atoms with Gasteiger partial charge in [-0.2, -0.15) is 8.42 Å². The third kappa shape index (κ3) is 6.34. The van der Waals surface area contributed by atoms with Crippen LogP contribution in [-0.2, 0) is 25.7 Å². The average molecular weight is 455 g/mol. The number of carbonyl (C=O) groups excluding carboxylic acids is 1. The Hall–Kier alpha value is -2.31. The van der Waals surface area contributed by atoms with E-state index in [0.717, 1.165) is 17.3 Å². The number of aliphatic hydroxyl groups excluding tert-OH is 1. The first-order valence-electron chi connectivity index (χ1n) is 8.94. The van der Waals surface area contributed by atoms with Crippen LogP contribution >= 0.6 is 11.8 Å². The number of ether oxygens (including phenoxy) is 2. The molecule has 1 aliphatic rings. The highest BCUT2D eigenvalue weighted by molar-refractivity contribution is 8.01. The number of rotatable bonds is 9. The molecule has 0 spiro atoms. The third-order valence-corrected chi connectivity index (χ3v) is 5.90. The van der Waals surface area contributed by atoms with Gasteiger partial charge in [0.1, 0.15) is 24.2 Å². The molecule has 0 saturated carbocycles. The first-order valence-corrected chi connectivity index (χ1v) is 11.4. The maximum absolute atomic E-state index is 11.7. The van der Waals surface area contributed by atoms with Crippen LogP contribution in [0, 0.1) is 0 Å². The molecule has 1 aliphatic heterocycles. The fraction of sp³-hybridized carbons (Fsp3) is 0.316. The van der Waals surface area contributed by atoms with E-state index >= 15 is 0 Å². The van der Waals surface area contributed by atoms with E-state index in [9.17, 15) is 18.3 Å². The van der Waals surface area contributed by atoms with Crippen LogP contribution in [0.4, 0.5) is 0 Å². The number of methoxy groups -OCH3 is 1. The number of carbonyl (C=O) groups is 1. The molecular formula is C19H22N2O7S2. The summed E-state index contributed by atoms with van der Waals surface area (Å²) in [6, 6.07) is 13.8. The summed E-state index contributed by atoms with van der Waals surface area (Å²) in [4.78, 5) is 11.7. The molecule has 9 nitrogen and oxygen atoms in total. The van der Waals surface area contributed by atoms with Crippen molar-refractivity contribution >= 4 is 28.0 Å². The van der Waals surface area contributed by atoms with Crippen molar-refractivity contribution in [3.05, 3.63) is 59.7 Å². The van der Waals surface area contributed by atoms with Crippen LogP contribution in [0.3, 0.4) is 0 Å². The topological polar surface area (TPSA) is 137 Å². The van der Waals surface area contributed by atoms with Crippen LogP contribution in [-0.4, -0.2) is 44.0 Å². The lowest BCUT2D eigenvalue weighted by Gasteiger charge is -2.18. The molecule has 3 unspecified atom stereocenters. The number of benzene rings is 2. The summed E-state index contributed by atoms with van der Waals surface area (Å²) >= 11 is 1.16. The molecule has 1 fully saturated rings. The van der Waals surface area contributed by atoms with E-state index in [0.29, 0.717) is 23.5 Å². The number of amides is 1. The van der Waals surface area contributed by atoms with Gasteiger partial charge < -0.3 is 19.9 Å². The van der Waals surface area contributed by atoms with Crippen molar-refractivity contribution in [3.63, 3.8) is 0 Å². The molecular weight excluding hydrogens is 432 g/mol. The second-order valence-corrected chi connectivity index (χ2v) is 8.96. The van der Waals surface area contributed by atoms with Crippen molar-refractivity contribution in [3.8, 4) is 11.5 Å². The summed E-state index contributed by atoms with van der Waals surface area (Å²) in [6.07, 6.45) is -0.496. The molecule has 0 radical (unpaired) electrons. The lowest BCUT2D eigenvalue weighted by molar-refractivity contribution is -0.121. The molecule has 0 aromatic heterocycles. The van der Waals surface area contributed by atoms with Crippen LogP contribution in [0.5, 0.6) is 11.5 Å². The van der Waals surface area contributed by atoms with Gasteiger partial charge in [0.25, 0.3) is 0 Å². The Morgan fingerprint density at radius 3 is 2.53 bits per heavy atom. The predicted octanol–water partition coefficient (Wildman–Crippen LogP) is 1.09. The van der Waals surface area contributed by atoms with Crippen molar-refractivity contribution in [2.24, 2.45) is 5.14 Å². The van der Waals surface area contributed by atoms with Crippen molar-refractivity contribution in [2.45, 2.75) is 23.3 Å². The zero-order chi connectivity index (χ0) is 21.7. The van der Waals surface area contributed by atoms with Gasteiger partial charge in [-0.25, -0.2) is 9.32 Å². The van der Waals surface area contributed by atoms with Gasteiger partial charge in [-0.3, -0.25) is 4.79 Å². The number of nitrogens with two attached hydrogens (primary N) is 1. The Labute approximate surface area is 178 Å². The summed E-state index contributed by atoms with van der Waals surface area (Å²) in [6.45, 7) is -0.101. The summed E-state index contributed by atoms with van der Waals surface area (Å²) in [5, 5.41) is 16.6. The summed E-state index contributed by atoms with van der Waals surface area (Å²) < 4.78 is 38.7. The molecule has 2 aromatic rings. The average Bonchev–Trinajstić information content (AvgIpc) is 3.02. The lowest BCUT2D eigenvalue weighted by Crippen LogP contribution is -2.27. The molecule has 4 N–H and O–H groups in total. The Morgan fingerprint density at radius 1 is 1.20 bits per heavy atom. The monoisotopic (exact) mass is 454 g/mol. The summed E-state index contributed by atoms with van der Waals surface area (Å²) in [7, 11) is -2.71. The molecule has 1 heterocycles. The predicted molar refractivity (Wildman–Crippen MR) is 111 cm³/mol. The highest BCUT2D eigenvalue weighted by Crippen LogP contribution is 2.27.